The van der Waals surface area contributed by atoms with Crippen LogP contribution in [0.15, 0.2) is 35.2 Å². The van der Waals surface area contributed by atoms with Gasteiger partial charge in [-0.25, -0.2) is 0 Å². The third kappa shape index (κ3) is 2.55. The number of nitrogen functional groups attached to an aromatic ring is 1. The van der Waals surface area contributed by atoms with Gasteiger partial charge in [-0.1, -0.05) is 17.6 Å². The highest BCUT2D eigenvalue weighted by molar-refractivity contribution is 6.32. The summed E-state index contributed by atoms with van der Waals surface area (Å²) in [5.74, 6) is 0. The minimum absolute atomic E-state index is 0.231. The van der Waals surface area contributed by atoms with Crippen molar-refractivity contribution in [1.82, 2.24) is 9.78 Å². The molecule has 0 amide bonds. The molecule has 0 radical (unpaired) electrons. The van der Waals surface area contributed by atoms with Crippen molar-refractivity contribution in [2.75, 3.05) is 5.73 Å². The van der Waals surface area contributed by atoms with Gasteiger partial charge in [0, 0.05) is 0 Å². The predicted octanol–water partition coefficient (Wildman–Crippen LogP) is 2.49. The SMILES string of the molecule is [2H]c1c([2H])c(-n2ncc(N)c(Cl)c2=O)c([2H])c(C(F)(F)F)c1[2H]. The lowest BCUT2D eigenvalue weighted by molar-refractivity contribution is -0.137. The van der Waals surface area contributed by atoms with Gasteiger partial charge in [-0.3, -0.25) is 4.79 Å². The maximum absolute atomic E-state index is 13.0. The van der Waals surface area contributed by atoms with E-state index in [1.807, 2.05) is 0 Å². The third-order valence-electron chi connectivity index (χ3n) is 2.05. The van der Waals surface area contributed by atoms with E-state index >= 15 is 0 Å². The molecule has 0 unspecified atom stereocenters. The first-order chi connectivity index (χ1) is 10.5. The number of nitrogens with zero attached hydrogens (tertiary/aromatic N) is 2. The minimum Gasteiger partial charge on any atom is -0.396 e. The van der Waals surface area contributed by atoms with E-state index in [-0.39, 0.29) is 10.4 Å². The monoisotopic (exact) mass is 293 g/mol. The van der Waals surface area contributed by atoms with E-state index in [0.29, 0.717) is 0 Å². The van der Waals surface area contributed by atoms with Crippen LogP contribution in [-0.4, -0.2) is 9.78 Å². The molecule has 4 nitrogen and oxygen atoms in total. The number of alkyl halides is 3. The Kier molecular flexibility index (Phi) is 2.16. The molecule has 2 aromatic rings. The van der Waals surface area contributed by atoms with Crippen LogP contribution in [0.5, 0.6) is 0 Å². The van der Waals surface area contributed by atoms with Crippen LogP contribution in [0.2, 0.25) is 5.02 Å². The summed E-state index contributed by atoms with van der Waals surface area (Å²) in [4.78, 5) is 12.0. The summed E-state index contributed by atoms with van der Waals surface area (Å²) in [6, 6.07) is -4.67. The second-order valence-corrected chi connectivity index (χ2v) is 3.73. The molecule has 0 aliphatic heterocycles. The normalized spacial score (nSPS) is 14.5. The van der Waals surface area contributed by atoms with Crippen molar-refractivity contribution in [1.29, 1.82) is 0 Å². The van der Waals surface area contributed by atoms with Crippen molar-refractivity contribution in [3.05, 3.63) is 51.3 Å². The van der Waals surface area contributed by atoms with E-state index in [9.17, 15) is 18.0 Å². The Bertz CT molecular complexity index is 869. The fourth-order valence-electron chi connectivity index (χ4n) is 1.19. The second kappa shape index (κ2) is 4.58. The van der Waals surface area contributed by atoms with E-state index in [0.717, 1.165) is 6.20 Å². The van der Waals surface area contributed by atoms with Crippen molar-refractivity contribution in [2.24, 2.45) is 0 Å². The maximum atomic E-state index is 13.0. The van der Waals surface area contributed by atoms with Gasteiger partial charge in [-0.05, 0) is 18.1 Å². The summed E-state index contributed by atoms with van der Waals surface area (Å²) >= 11 is 5.61. The van der Waals surface area contributed by atoms with Gasteiger partial charge in [0.05, 0.1) is 28.6 Å². The van der Waals surface area contributed by atoms with Crippen LogP contribution >= 0.6 is 11.6 Å². The van der Waals surface area contributed by atoms with Gasteiger partial charge in [-0.2, -0.15) is 23.0 Å². The fraction of sp³-hybridized carbons (Fsp3) is 0.0909. The molecule has 2 N–H and O–H groups in total. The predicted molar refractivity (Wildman–Crippen MR) is 64.3 cm³/mol. The van der Waals surface area contributed by atoms with Crippen molar-refractivity contribution in [3.8, 4) is 5.69 Å². The molecule has 1 aromatic heterocycles. The average Bonchev–Trinajstić information content (AvgIpc) is 2.43. The number of hydrogen-bond donors (Lipinski definition) is 1. The molecule has 0 fully saturated rings. The smallest absolute Gasteiger partial charge is 0.396 e. The molecule has 2 rings (SSSR count). The Morgan fingerprint density at radius 2 is 2.11 bits per heavy atom. The van der Waals surface area contributed by atoms with Crippen LogP contribution in [0, 0.1) is 0 Å². The zero-order valence-corrected chi connectivity index (χ0v) is 9.73. The van der Waals surface area contributed by atoms with E-state index < -0.39 is 52.2 Å². The quantitative estimate of drug-likeness (QED) is 0.879. The highest BCUT2D eigenvalue weighted by Crippen LogP contribution is 2.30. The number of anilines is 1. The summed E-state index contributed by atoms with van der Waals surface area (Å²) < 4.78 is 69.4. The van der Waals surface area contributed by atoms with Gasteiger partial charge in [-0.15, -0.1) is 0 Å². The standard InChI is InChI=1S/C11H7ClF3N3O/c12-9-8(16)5-17-18(10(9)19)7-3-1-2-6(4-7)11(13,14)15/h1-5H,16H2/i1D,2D,3D,4D. The van der Waals surface area contributed by atoms with Gasteiger partial charge in [0.25, 0.3) is 5.56 Å². The van der Waals surface area contributed by atoms with Crippen LogP contribution in [-0.2, 0) is 6.18 Å². The topological polar surface area (TPSA) is 60.9 Å². The van der Waals surface area contributed by atoms with Crippen LogP contribution in [0.1, 0.15) is 11.0 Å². The molecule has 1 aromatic carbocycles. The lowest BCUT2D eigenvalue weighted by Crippen LogP contribution is -2.22. The molecule has 0 aliphatic carbocycles. The fourth-order valence-corrected chi connectivity index (χ4v) is 1.32. The molecule has 0 saturated carbocycles. The molecule has 8 heteroatoms. The molecule has 0 aliphatic rings. The van der Waals surface area contributed by atoms with Gasteiger partial charge in [0.2, 0.25) is 0 Å². The molecule has 100 valence electrons. The number of rotatable bonds is 1. The van der Waals surface area contributed by atoms with Crippen LogP contribution in [0.3, 0.4) is 0 Å². The zero-order valence-electron chi connectivity index (χ0n) is 13.0. The highest BCUT2D eigenvalue weighted by Gasteiger charge is 2.30. The molecule has 0 bridgehead atoms. The molecular weight excluding hydrogens is 283 g/mol. The van der Waals surface area contributed by atoms with Crippen LogP contribution < -0.4 is 11.3 Å². The van der Waals surface area contributed by atoms with Crippen molar-refractivity contribution < 1.29 is 18.7 Å². The largest absolute Gasteiger partial charge is 0.416 e. The Hall–Kier alpha value is -2.02. The molecule has 0 spiro atoms. The molecule has 1 heterocycles. The number of aromatic nitrogens is 2. The summed E-state index contributed by atoms with van der Waals surface area (Å²) in [6.45, 7) is 0. The first-order valence-corrected chi connectivity index (χ1v) is 5.07. The molecule has 19 heavy (non-hydrogen) atoms. The number of hydrogen-bond acceptors (Lipinski definition) is 3. The first kappa shape index (κ1) is 8.98. The van der Waals surface area contributed by atoms with Gasteiger partial charge >= 0.3 is 6.18 Å². The third-order valence-corrected chi connectivity index (χ3v) is 2.43. The number of halogens is 4. The Morgan fingerprint density at radius 1 is 1.42 bits per heavy atom. The van der Waals surface area contributed by atoms with E-state index in [2.05, 4.69) is 5.10 Å². The lowest BCUT2D eigenvalue weighted by atomic mass is 10.2. The Balaban J connectivity index is 2.98. The van der Waals surface area contributed by atoms with Crippen LogP contribution in [0.25, 0.3) is 5.69 Å². The highest BCUT2D eigenvalue weighted by atomic mass is 35.5. The van der Waals surface area contributed by atoms with Gasteiger partial charge in [0.1, 0.15) is 5.02 Å². The lowest BCUT2D eigenvalue weighted by Gasteiger charge is -2.10. The average molecular weight is 294 g/mol. The van der Waals surface area contributed by atoms with Gasteiger partial charge in [0.15, 0.2) is 0 Å². The van der Waals surface area contributed by atoms with E-state index in [1.165, 1.54) is 0 Å². The molecule has 0 atom stereocenters. The number of benzene rings is 1. The molecule has 0 saturated heterocycles. The second-order valence-electron chi connectivity index (χ2n) is 3.35. The minimum atomic E-state index is -5.12. The summed E-state index contributed by atoms with van der Waals surface area (Å²) in [5.41, 5.74) is 1.34. The summed E-state index contributed by atoms with van der Waals surface area (Å²) in [7, 11) is 0. The van der Waals surface area contributed by atoms with E-state index in [4.69, 9.17) is 22.8 Å². The van der Waals surface area contributed by atoms with Gasteiger partial charge < -0.3 is 5.73 Å². The summed E-state index contributed by atoms with van der Waals surface area (Å²) in [6.07, 6.45) is -4.25. The van der Waals surface area contributed by atoms with Crippen LogP contribution in [0.4, 0.5) is 18.9 Å². The molecular formula is C11H7ClF3N3O. The van der Waals surface area contributed by atoms with E-state index in [1.54, 1.807) is 0 Å². The van der Waals surface area contributed by atoms with Crippen molar-refractivity contribution >= 4 is 17.3 Å². The zero-order chi connectivity index (χ0) is 17.7. The maximum Gasteiger partial charge on any atom is 0.416 e. The van der Waals surface area contributed by atoms with Crippen molar-refractivity contribution in [3.63, 3.8) is 0 Å². The summed E-state index contributed by atoms with van der Waals surface area (Å²) in [5, 5.41) is 2.92. The Morgan fingerprint density at radius 3 is 2.74 bits per heavy atom. The first-order valence-electron chi connectivity index (χ1n) is 6.69. The van der Waals surface area contributed by atoms with Crippen molar-refractivity contribution in [2.45, 2.75) is 6.18 Å². The number of nitrogens with two attached hydrogens (primary N) is 1. The Labute approximate surface area is 115 Å².